The van der Waals surface area contributed by atoms with E-state index in [0.717, 1.165) is 21.9 Å². The van der Waals surface area contributed by atoms with Crippen LogP contribution in [0.4, 0.5) is 0 Å². The number of hydrogen-bond acceptors (Lipinski definition) is 4. The summed E-state index contributed by atoms with van der Waals surface area (Å²) < 4.78 is 31.2. The maximum Gasteiger partial charge on any atom is 0.174 e. The van der Waals surface area contributed by atoms with E-state index in [1.807, 2.05) is 33.0 Å². The van der Waals surface area contributed by atoms with Crippen molar-refractivity contribution in [3.63, 3.8) is 0 Å². The third-order valence-corrected chi connectivity index (χ3v) is 3.58. The van der Waals surface area contributed by atoms with Crippen molar-refractivity contribution in [1.29, 1.82) is 0 Å². The Bertz CT molecular complexity index is 657. The fraction of sp³-hybridized carbons (Fsp3) is 0.200. The summed E-state index contributed by atoms with van der Waals surface area (Å²) in [5.74, 6) is 0. The molecular weight excluding hydrogens is 290 g/mol. The molecule has 1 heterocycles. The van der Waals surface area contributed by atoms with Crippen molar-refractivity contribution in [1.82, 2.24) is 0 Å². The molecule has 5 nitrogen and oxygen atoms in total. The van der Waals surface area contributed by atoms with Crippen LogP contribution in [0.3, 0.4) is 0 Å². The first-order valence-electron chi connectivity index (χ1n) is 6.27. The summed E-state index contributed by atoms with van der Waals surface area (Å²) in [6.45, 7) is 7.62. The zero-order chi connectivity index (χ0) is 16.0. The second kappa shape index (κ2) is 7.21. The Morgan fingerprint density at radius 2 is 1.86 bits per heavy atom. The molecule has 114 valence electrons. The number of allylic oxidation sites excluding steroid dienone is 3. The molecule has 1 aliphatic heterocycles. The Hall–Kier alpha value is -1.89. The van der Waals surface area contributed by atoms with Gasteiger partial charge < -0.3 is 9.39 Å². The van der Waals surface area contributed by atoms with Gasteiger partial charge >= 0.3 is 0 Å². The van der Waals surface area contributed by atoms with Crippen LogP contribution in [-0.4, -0.2) is 20.0 Å². The fourth-order valence-corrected chi connectivity index (χ4v) is 2.07. The van der Waals surface area contributed by atoms with E-state index in [9.17, 15) is 13.0 Å². The van der Waals surface area contributed by atoms with Crippen molar-refractivity contribution in [2.75, 3.05) is 7.05 Å². The third kappa shape index (κ3) is 5.55. The summed E-state index contributed by atoms with van der Waals surface area (Å²) in [6.07, 6.45) is 5.54. The molecule has 1 atom stereocenters. The third-order valence-electron chi connectivity index (χ3n) is 2.74. The standard InChI is InChI=1S/C8H11NO.C7H8O3S/c1-7(2)8-5-4-6-10-9(8)3;1-6-2-4-7(5-3-6)11(8,9)10/h4-6H,1H2,2-3H3;2-5H,1H3,(H,8,9,10). The van der Waals surface area contributed by atoms with Gasteiger partial charge in [-0.2, -0.15) is 0 Å². The largest absolute Gasteiger partial charge is 0.744 e. The van der Waals surface area contributed by atoms with E-state index in [1.165, 1.54) is 12.1 Å². The van der Waals surface area contributed by atoms with E-state index in [0.29, 0.717) is 0 Å². The van der Waals surface area contributed by atoms with Crippen LogP contribution in [-0.2, 0) is 15.0 Å². The molecule has 1 unspecified atom stereocenters. The van der Waals surface area contributed by atoms with Gasteiger partial charge in [0.1, 0.15) is 17.2 Å². The van der Waals surface area contributed by atoms with Gasteiger partial charge in [0.25, 0.3) is 0 Å². The molecule has 1 aliphatic rings. The average Bonchev–Trinajstić information content (AvgIpc) is 2.39. The van der Waals surface area contributed by atoms with Crippen LogP contribution in [0.25, 0.3) is 0 Å². The number of benzene rings is 1. The second-order valence-electron chi connectivity index (χ2n) is 4.63. The van der Waals surface area contributed by atoms with Crippen LogP contribution < -0.4 is 5.06 Å². The van der Waals surface area contributed by atoms with Crippen LogP contribution in [0.15, 0.2) is 65.4 Å². The molecule has 0 saturated heterocycles. The SMILES string of the molecule is C=C(C)C1=CC=CO[NH+]1C.Cc1ccc(S(=O)(=O)[O-])cc1. The quantitative estimate of drug-likeness (QED) is 0.837. The molecule has 0 spiro atoms. The summed E-state index contributed by atoms with van der Waals surface area (Å²) in [7, 11) is -2.34. The smallest absolute Gasteiger partial charge is 0.174 e. The minimum Gasteiger partial charge on any atom is -0.744 e. The van der Waals surface area contributed by atoms with Crippen molar-refractivity contribution >= 4 is 10.1 Å². The number of nitrogens with one attached hydrogen (secondary N) is 1. The number of rotatable bonds is 2. The Kier molecular flexibility index (Phi) is 5.90. The molecule has 0 amide bonds. The summed E-state index contributed by atoms with van der Waals surface area (Å²) in [4.78, 5) is 4.98. The van der Waals surface area contributed by atoms with E-state index in [2.05, 4.69) is 6.58 Å². The maximum atomic E-state index is 10.4. The van der Waals surface area contributed by atoms with E-state index in [4.69, 9.17) is 4.84 Å². The average molecular weight is 309 g/mol. The first kappa shape index (κ1) is 17.2. The van der Waals surface area contributed by atoms with E-state index >= 15 is 0 Å². The van der Waals surface area contributed by atoms with Gasteiger partial charge in [-0.1, -0.05) is 24.3 Å². The van der Waals surface area contributed by atoms with E-state index < -0.39 is 10.1 Å². The van der Waals surface area contributed by atoms with Crippen molar-refractivity contribution in [2.24, 2.45) is 0 Å². The molecule has 0 radical (unpaired) electrons. The van der Waals surface area contributed by atoms with Gasteiger partial charge in [0.05, 0.1) is 4.90 Å². The first-order chi connectivity index (χ1) is 9.71. The zero-order valence-electron chi connectivity index (χ0n) is 12.3. The molecule has 6 heteroatoms. The van der Waals surface area contributed by atoms with Crippen molar-refractivity contribution in [2.45, 2.75) is 18.7 Å². The number of aryl methyl sites for hydroxylation is 1. The van der Waals surface area contributed by atoms with Crippen LogP contribution in [0.5, 0.6) is 0 Å². The summed E-state index contributed by atoms with van der Waals surface area (Å²) >= 11 is 0. The highest BCUT2D eigenvalue weighted by Crippen LogP contribution is 2.08. The second-order valence-corrected chi connectivity index (χ2v) is 6.01. The Labute approximate surface area is 125 Å². The van der Waals surface area contributed by atoms with Gasteiger partial charge in [-0.25, -0.2) is 8.42 Å². The van der Waals surface area contributed by atoms with Crippen molar-refractivity contribution in [3.8, 4) is 0 Å². The van der Waals surface area contributed by atoms with Crippen molar-refractivity contribution < 1.29 is 22.9 Å². The minimum absolute atomic E-state index is 0.178. The topological polar surface area (TPSA) is 70.9 Å². The lowest BCUT2D eigenvalue weighted by Crippen LogP contribution is -3.06. The van der Waals surface area contributed by atoms with Gasteiger partial charge in [-0.05, 0) is 32.1 Å². The molecule has 0 aliphatic carbocycles. The molecule has 1 N–H and O–H groups in total. The van der Waals surface area contributed by atoms with Gasteiger partial charge in [0.15, 0.2) is 12.0 Å². The molecule has 1 aromatic carbocycles. The lowest BCUT2D eigenvalue weighted by atomic mass is 10.2. The highest BCUT2D eigenvalue weighted by Gasteiger charge is 2.12. The van der Waals surface area contributed by atoms with Gasteiger partial charge in [0.2, 0.25) is 0 Å². The van der Waals surface area contributed by atoms with Gasteiger partial charge in [-0.15, -0.1) is 5.06 Å². The summed E-state index contributed by atoms with van der Waals surface area (Å²) in [5, 5.41) is 0.926. The van der Waals surface area contributed by atoms with E-state index in [1.54, 1.807) is 18.4 Å². The fourth-order valence-electron chi connectivity index (χ4n) is 1.61. The molecule has 0 bridgehead atoms. The van der Waals surface area contributed by atoms with Crippen LogP contribution in [0, 0.1) is 6.92 Å². The predicted molar refractivity (Wildman–Crippen MR) is 79.2 cm³/mol. The summed E-state index contributed by atoms with van der Waals surface area (Å²) in [5.41, 5.74) is 3.07. The molecule has 21 heavy (non-hydrogen) atoms. The van der Waals surface area contributed by atoms with Crippen LogP contribution >= 0.6 is 0 Å². The van der Waals surface area contributed by atoms with Crippen LogP contribution in [0.1, 0.15) is 12.5 Å². The monoisotopic (exact) mass is 309 g/mol. The molecular formula is C15H19NO4S. The van der Waals surface area contributed by atoms with Crippen LogP contribution in [0.2, 0.25) is 0 Å². The highest BCUT2D eigenvalue weighted by atomic mass is 32.2. The molecule has 0 aromatic heterocycles. The molecule has 1 aromatic rings. The Morgan fingerprint density at radius 3 is 2.24 bits per heavy atom. The minimum atomic E-state index is -4.27. The van der Waals surface area contributed by atoms with Crippen molar-refractivity contribution in [3.05, 3.63) is 66.1 Å². The van der Waals surface area contributed by atoms with E-state index in [-0.39, 0.29) is 4.90 Å². The molecule has 0 fully saturated rings. The number of hydroxylamine groups is 2. The molecule has 0 saturated carbocycles. The Balaban J connectivity index is 0.000000211. The van der Waals surface area contributed by atoms with Gasteiger partial charge in [0, 0.05) is 11.6 Å². The zero-order valence-corrected chi connectivity index (χ0v) is 13.1. The predicted octanol–water partition coefficient (Wildman–Crippen LogP) is 1.32. The lowest BCUT2D eigenvalue weighted by molar-refractivity contribution is -1.03. The lowest BCUT2D eigenvalue weighted by Gasteiger charge is -2.15. The molecule has 2 rings (SSSR count). The number of hydrogen-bond donors (Lipinski definition) is 1. The highest BCUT2D eigenvalue weighted by molar-refractivity contribution is 7.85. The van der Waals surface area contributed by atoms with Gasteiger partial charge in [-0.3, -0.25) is 0 Å². The summed E-state index contributed by atoms with van der Waals surface area (Å²) in [6, 6.07) is 5.78. The Morgan fingerprint density at radius 1 is 1.29 bits per heavy atom. The number of quaternary nitrogens is 1. The first-order valence-corrected chi connectivity index (χ1v) is 7.68. The number of likely N-dealkylation sites (N-methyl/N-ethyl adjacent to an activating group) is 1. The normalized spacial score (nSPS) is 17.1. The maximum absolute atomic E-state index is 10.4.